The second kappa shape index (κ2) is 8.85. The van der Waals surface area contributed by atoms with Gasteiger partial charge in [-0.1, -0.05) is 37.1 Å². The largest absolute Gasteiger partial charge is 0.396 e. The summed E-state index contributed by atoms with van der Waals surface area (Å²) >= 11 is 0. The molecule has 0 amide bonds. The monoisotopic (exact) mass is 427 g/mol. The molecule has 0 bridgehead atoms. The smallest absolute Gasteiger partial charge is 0.240 e. The predicted octanol–water partition coefficient (Wildman–Crippen LogP) is 3.72. The predicted molar refractivity (Wildman–Crippen MR) is 103 cm³/mol. The van der Waals surface area contributed by atoms with Crippen molar-refractivity contribution < 1.29 is 26.7 Å². The Morgan fingerprint density at radius 2 is 1.52 bits per heavy atom. The molecule has 29 heavy (non-hydrogen) atoms. The second-order valence-corrected chi connectivity index (χ2v) is 9.47. The van der Waals surface area contributed by atoms with Crippen LogP contribution < -0.4 is 4.72 Å². The molecule has 2 aromatic carbocycles. The number of aliphatic hydroxyl groups is 1. The minimum atomic E-state index is -4.18. The Labute approximate surface area is 168 Å². The maximum absolute atomic E-state index is 13.4. The molecule has 0 spiro atoms. The van der Waals surface area contributed by atoms with Crippen molar-refractivity contribution in [2.75, 3.05) is 13.2 Å². The summed E-state index contributed by atoms with van der Waals surface area (Å²) < 4.78 is 67.5. The van der Waals surface area contributed by atoms with Gasteiger partial charge in [0.25, 0.3) is 0 Å². The van der Waals surface area contributed by atoms with E-state index in [1.54, 1.807) is 0 Å². The van der Waals surface area contributed by atoms with Gasteiger partial charge in [-0.3, -0.25) is 0 Å². The molecular weight excluding hydrogens is 403 g/mol. The first-order valence-corrected chi connectivity index (χ1v) is 11.1. The van der Waals surface area contributed by atoms with Crippen LogP contribution in [0.25, 0.3) is 0 Å². The van der Waals surface area contributed by atoms with Crippen LogP contribution in [0.5, 0.6) is 0 Å². The highest BCUT2D eigenvalue weighted by Gasteiger charge is 2.35. The maximum atomic E-state index is 13.4. The zero-order valence-electron chi connectivity index (χ0n) is 15.9. The van der Waals surface area contributed by atoms with Crippen LogP contribution >= 0.6 is 0 Å². The Bertz CT molecular complexity index is 933. The molecule has 0 unspecified atom stereocenters. The molecular formula is C21H24F3NO3S. The highest BCUT2D eigenvalue weighted by atomic mass is 32.2. The van der Waals surface area contributed by atoms with E-state index >= 15 is 0 Å². The second-order valence-electron chi connectivity index (χ2n) is 7.70. The number of hydrogen-bond donors (Lipinski definition) is 2. The van der Waals surface area contributed by atoms with Crippen molar-refractivity contribution in [1.82, 2.24) is 4.72 Å². The lowest BCUT2D eigenvalue weighted by Gasteiger charge is -2.29. The van der Waals surface area contributed by atoms with Crippen molar-refractivity contribution in [2.45, 2.75) is 43.4 Å². The standard InChI is InChI=1S/C21H24F3NO3S/c22-18-11-17(12-19(23)20(18)24)29(27,28)25-14-21(8-1-2-9-21)13-16-5-3-15(4-6-16)7-10-26/h3-6,11-12,25-26H,1-2,7-10,13-14H2. The van der Waals surface area contributed by atoms with E-state index in [1.807, 2.05) is 24.3 Å². The number of aliphatic hydroxyl groups excluding tert-OH is 1. The molecule has 158 valence electrons. The molecule has 1 saturated carbocycles. The minimum absolute atomic E-state index is 0.0790. The van der Waals surface area contributed by atoms with E-state index in [2.05, 4.69) is 4.72 Å². The zero-order valence-corrected chi connectivity index (χ0v) is 16.7. The van der Waals surface area contributed by atoms with Gasteiger partial charge in [0.15, 0.2) is 17.5 Å². The van der Waals surface area contributed by atoms with Crippen LogP contribution in [0.2, 0.25) is 0 Å². The van der Waals surface area contributed by atoms with Crippen LogP contribution in [0.15, 0.2) is 41.3 Å². The Balaban J connectivity index is 1.75. The van der Waals surface area contributed by atoms with Crippen molar-refractivity contribution in [3.63, 3.8) is 0 Å². The summed E-state index contributed by atoms with van der Waals surface area (Å²) in [6, 6.07) is 8.82. The van der Waals surface area contributed by atoms with E-state index in [0.717, 1.165) is 36.8 Å². The van der Waals surface area contributed by atoms with Crippen molar-refractivity contribution in [2.24, 2.45) is 5.41 Å². The normalized spacial score (nSPS) is 16.3. The van der Waals surface area contributed by atoms with Crippen LogP contribution in [0, 0.1) is 22.9 Å². The van der Waals surface area contributed by atoms with Gasteiger partial charge in [-0.25, -0.2) is 26.3 Å². The lowest BCUT2D eigenvalue weighted by Crippen LogP contribution is -2.37. The van der Waals surface area contributed by atoms with Gasteiger partial charge in [0, 0.05) is 13.2 Å². The van der Waals surface area contributed by atoms with Gasteiger partial charge in [0.2, 0.25) is 10.0 Å². The Morgan fingerprint density at radius 3 is 2.07 bits per heavy atom. The maximum Gasteiger partial charge on any atom is 0.240 e. The van der Waals surface area contributed by atoms with E-state index < -0.39 is 32.4 Å². The summed E-state index contributed by atoms with van der Waals surface area (Å²) in [6.07, 6.45) is 4.87. The van der Waals surface area contributed by atoms with Crippen LogP contribution in [0.3, 0.4) is 0 Å². The molecule has 2 aromatic rings. The van der Waals surface area contributed by atoms with Crippen LogP contribution in [-0.2, 0) is 22.9 Å². The molecule has 0 saturated heterocycles. The average Bonchev–Trinajstić information content (AvgIpc) is 3.15. The number of halogens is 3. The molecule has 0 heterocycles. The lowest BCUT2D eigenvalue weighted by atomic mass is 9.80. The van der Waals surface area contributed by atoms with E-state index in [1.165, 1.54) is 0 Å². The SMILES string of the molecule is O=S(=O)(NCC1(Cc2ccc(CCO)cc2)CCCC1)c1cc(F)c(F)c(F)c1. The summed E-state index contributed by atoms with van der Waals surface area (Å²) in [5.41, 5.74) is 1.80. The Morgan fingerprint density at radius 1 is 0.966 bits per heavy atom. The molecule has 0 aromatic heterocycles. The van der Waals surface area contributed by atoms with Crippen molar-refractivity contribution in [1.29, 1.82) is 0 Å². The van der Waals surface area contributed by atoms with E-state index in [9.17, 15) is 21.6 Å². The van der Waals surface area contributed by atoms with Gasteiger partial charge < -0.3 is 5.11 Å². The quantitative estimate of drug-likeness (QED) is 0.631. The third-order valence-electron chi connectivity index (χ3n) is 5.57. The van der Waals surface area contributed by atoms with Gasteiger partial charge in [-0.15, -0.1) is 0 Å². The van der Waals surface area contributed by atoms with Gasteiger partial charge in [0.1, 0.15) is 0 Å². The fourth-order valence-electron chi connectivity index (χ4n) is 3.95. The number of sulfonamides is 1. The van der Waals surface area contributed by atoms with Crippen LogP contribution in [0.4, 0.5) is 13.2 Å². The number of rotatable bonds is 8. The molecule has 2 N–H and O–H groups in total. The zero-order chi connectivity index (χ0) is 21.1. The van der Waals surface area contributed by atoms with Crippen molar-refractivity contribution in [3.05, 3.63) is 65.0 Å². The summed E-state index contributed by atoms with van der Waals surface area (Å²) in [4.78, 5) is -0.629. The van der Waals surface area contributed by atoms with Crippen LogP contribution in [0.1, 0.15) is 36.8 Å². The first kappa shape index (κ1) is 21.8. The van der Waals surface area contributed by atoms with Gasteiger partial charge in [-0.05, 0) is 54.4 Å². The summed E-state index contributed by atoms with van der Waals surface area (Å²) in [7, 11) is -4.18. The Kier molecular flexibility index (Phi) is 6.65. The summed E-state index contributed by atoms with van der Waals surface area (Å²) in [6.45, 7) is 0.212. The number of benzene rings is 2. The van der Waals surface area contributed by atoms with Crippen molar-refractivity contribution >= 4 is 10.0 Å². The molecule has 1 aliphatic rings. The molecule has 0 radical (unpaired) electrons. The fraction of sp³-hybridized carbons (Fsp3) is 0.429. The Hall–Kier alpha value is -1.90. The summed E-state index contributed by atoms with van der Waals surface area (Å²) in [5.74, 6) is -4.77. The molecule has 0 atom stereocenters. The first-order valence-electron chi connectivity index (χ1n) is 9.58. The number of nitrogens with one attached hydrogen (secondary N) is 1. The minimum Gasteiger partial charge on any atom is -0.396 e. The van der Waals surface area contributed by atoms with Crippen LogP contribution in [-0.4, -0.2) is 26.7 Å². The topological polar surface area (TPSA) is 66.4 Å². The first-order chi connectivity index (χ1) is 13.7. The van der Waals surface area contributed by atoms with Gasteiger partial charge in [0.05, 0.1) is 4.90 Å². The number of hydrogen-bond acceptors (Lipinski definition) is 3. The molecule has 4 nitrogen and oxygen atoms in total. The van der Waals surface area contributed by atoms with Gasteiger partial charge >= 0.3 is 0 Å². The molecule has 1 fully saturated rings. The van der Waals surface area contributed by atoms with Gasteiger partial charge in [-0.2, -0.15) is 0 Å². The summed E-state index contributed by atoms with van der Waals surface area (Å²) in [5, 5.41) is 9.02. The molecule has 0 aliphatic heterocycles. The molecule has 8 heteroatoms. The van der Waals surface area contributed by atoms with E-state index in [-0.39, 0.29) is 18.6 Å². The van der Waals surface area contributed by atoms with E-state index in [0.29, 0.717) is 25.0 Å². The lowest BCUT2D eigenvalue weighted by molar-refractivity contribution is 0.294. The third-order valence-corrected chi connectivity index (χ3v) is 6.95. The van der Waals surface area contributed by atoms with Crippen molar-refractivity contribution in [3.8, 4) is 0 Å². The van der Waals surface area contributed by atoms with E-state index in [4.69, 9.17) is 5.11 Å². The molecule has 3 rings (SSSR count). The highest BCUT2D eigenvalue weighted by molar-refractivity contribution is 7.89. The molecule has 1 aliphatic carbocycles. The average molecular weight is 427 g/mol. The fourth-order valence-corrected chi connectivity index (χ4v) is 5.13. The highest BCUT2D eigenvalue weighted by Crippen LogP contribution is 2.41. The third kappa shape index (κ3) is 5.18.